The molecule has 7 heteroatoms. The Morgan fingerprint density at radius 1 is 1.43 bits per heavy atom. The Balaban J connectivity index is 1.46. The van der Waals surface area contributed by atoms with Crippen molar-refractivity contribution in [3.63, 3.8) is 0 Å². The van der Waals surface area contributed by atoms with E-state index in [1.807, 2.05) is 17.8 Å². The van der Waals surface area contributed by atoms with E-state index in [9.17, 15) is 8.78 Å². The van der Waals surface area contributed by atoms with Crippen molar-refractivity contribution < 1.29 is 13.3 Å². The van der Waals surface area contributed by atoms with Gasteiger partial charge in [-0.15, -0.1) is 0 Å². The van der Waals surface area contributed by atoms with E-state index in [1.54, 1.807) is 13.1 Å². The maximum atomic E-state index is 13.2. The number of rotatable bonds is 4. The van der Waals surface area contributed by atoms with Gasteiger partial charge in [-0.2, -0.15) is 10.1 Å². The fourth-order valence-electron chi connectivity index (χ4n) is 3.02. The molecule has 0 aliphatic heterocycles. The fourth-order valence-corrected chi connectivity index (χ4v) is 3.02. The monoisotopic (exact) mass is 294 g/mol. The summed E-state index contributed by atoms with van der Waals surface area (Å²) in [5.74, 6) is -1.12. The number of hydrogen-bond donors (Lipinski definition) is 0. The van der Waals surface area contributed by atoms with Crippen LogP contribution in [0.3, 0.4) is 0 Å². The molecule has 3 atom stereocenters. The molecule has 2 fully saturated rings. The zero-order chi connectivity index (χ0) is 14.8. The smallest absolute Gasteiger partial charge is 0.254 e. The minimum absolute atomic E-state index is 0.0923. The van der Waals surface area contributed by atoms with E-state index >= 15 is 0 Å². The molecule has 4 rings (SSSR count). The van der Waals surface area contributed by atoms with Crippen LogP contribution in [-0.4, -0.2) is 25.8 Å². The van der Waals surface area contributed by atoms with Crippen molar-refractivity contribution in [3.05, 3.63) is 29.7 Å². The van der Waals surface area contributed by atoms with E-state index in [0.29, 0.717) is 17.6 Å². The molecule has 0 saturated heterocycles. The molecule has 0 N–H and O–H groups in total. The molecule has 2 aromatic rings. The first kappa shape index (κ1) is 12.9. The van der Waals surface area contributed by atoms with Gasteiger partial charge in [-0.05, 0) is 12.5 Å². The Morgan fingerprint density at radius 3 is 2.81 bits per heavy atom. The van der Waals surface area contributed by atoms with Crippen LogP contribution in [0.2, 0.25) is 0 Å². The average molecular weight is 294 g/mol. The SMILES string of the molecule is Cn1nccc1[C@@H]1C[C@H]1c1nc(CC2(C)CC2(F)F)no1. The molecule has 2 aliphatic rings. The molecule has 21 heavy (non-hydrogen) atoms. The summed E-state index contributed by atoms with van der Waals surface area (Å²) in [6.45, 7) is 1.57. The molecule has 5 nitrogen and oxygen atoms in total. The number of hydrogen-bond acceptors (Lipinski definition) is 4. The van der Waals surface area contributed by atoms with Gasteiger partial charge in [-0.25, -0.2) is 8.78 Å². The molecule has 2 saturated carbocycles. The van der Waals surface area contributed by atoms with Crippen molar-refractivity contribution in [1.29, 1.82) is 0 Å². The summed E-state index contributed by atoms with van der Waals surface area (Å²) < 4.78 is 33.6. The van der Waals surface area contributed by atoms with E-state index in [0.717, 1.165) is 12.1 Å². The topological polar surface area (TPSA) is 56.7 Å². The van der Waals surface area contributed by atoms with Gasteiger partial charge in [0, 0.05) is 49.0 Å². The Labute approximate surface area is 120 Å². The fraction of sp³-hybridized carbons (Fsp3) is 0.643. The van der Waals surface area contributed by atoms with Crippen molar-refractivity contribution in [2.75, 3.05) is 0 Å². The normalized spacial score (nSPS) is 33.1. The molecule has 2 heterocycles. The highest BCUT2D eigenvalue weighted by Crippen LogP contribution is 2.61. The molecule has 0 aromatic carbocycles. The highest BCUT2D eigenvalue weighted by molar-refractivity contribution is 5.25. The summed E-state index contributed by atoms with van der Waals surface area (Å²) in [6.07, 6.45) is 2.78. The zero-order valence-electron chi connectivity index (χ0n) is 11.9. The Bertz CT molecular complexity index is 695. The van der Waals surface area contributed by atoms with Crippen molar-refractivity contribution in [2.45, 2.75) is 43.9 Å². The number of nitrogens with zero attached hydrogens (tertiary/aromatic N) is 4. The largest absolute Gasteiger partial charge is 0.339 e. The number of halogens is 2. The number of aromatic nitrogens is 4. The van der Waals surface area contributed by atoms with Crippen LogP contribution < -0.4 is 0 Å². The Morgan fingerprint density at radius 2 is 2.19 bits per heavy atom. The quantitative estimate of drug-likeness (QED) is 0.870. The predicted molar refractivity (Wildman–Crippen MR) is 69.0 cm³/mol. The molecule has 112 valence electrons. The third-order valence-corrected chi connectivity index (χ3v) is 4.75. The molecule has 1 unspecified atom stereocenters. The maximum absolute atomic E-state index is 13.2. The lowest BCUT2D eigenvalue weighted by Gasteiger charge is -2.05. The highest BCUT2D eigenvalue weighted by Gasteiger charge is 2.68. The molecular weight excluding hydrogens is 278 g/mol. The van der Waals surface area contributed by atoms with E-state index in [1.165, 1.54) is 0 Å². The third-order valence-electron chi connectivity index (χ3n) is 4.75. The first-order valence-electron chi connectivity index (χ1n) is 7.08. The van der Waals surface area contributed by atoms with E-state index < -0.39 is 11.3 Å². The van der Waals surface area contributed by atoms with Crippen molar-refractivity contribution in [2.24, 2.45) is 12.5 Å². The lowest BCUT2D eigenvalue weighted by molar-refractivity contribution is 0.0692. The molecule has 2 aliphatic carbocycles. The van der Waals surface area contributed by atoms with Gasteiger partial charge >= 0.3 is 0 Å². The predicted octanol–water partition coefficient (Wildman–Crippen LogP) is 2.66. The first-order valence-corrected chi connectivity index (χ1v) is 7.08. The zero-order valence-corrected chi connectivity index (χ0v) is 11.9. The Hall–Kier alpha value is -1.79. The third kappa shape index (κ3) is 1.98. The number of aryl methyl sites for hydroxylation is 1. The van der Waals surface area contributed by atoms with E-state index in [-0.39, 0.29) is 18.8 Å². The summed E-state index contributed by atoms with van der Waals surface area (Å²) in [7, 11) is 1.90. The lowest BCUT2D eigenvalue weighted by Crippen LogP contribution is -2.11. The second kappa shape index (κ2) is 3.90. The van der Waals surface area contributed by atoms with Crippen LogP contribution in [0.4, 0.5) is 8.78 Å². The van der Waals surface area contributed by atoms with Gasteiger partial charge in [0.25, 0.3) is 5.92 Å². The summed E-state index contributed by atoms with van der Waals surface area (Å²) in [4.78, 5) is 4.31. The first-order chi connectivity index (χ1) is 9.90. The van der Waals surface area contributed by atoms with Crippen LogP contribution >= 0.6 is 0 Å². The lowest BCUT2D eigenvalue weighted by atomic mass is 10.0. The van der Waals surface area contributed by atoms with Crippen molar-refractivity contribution in [1.82, 2.24) is 19.9 Å². The maximum Gasteiger partial charge on any atom is 0.254 e. The van der Waals surface area contributed by atoms with Crippen LogP contribution in [0.1, 0.15) is 49.0 Å². The van der Waals surface area contributed by atoms with Gasteiger partial charge in [-0.3, -0.25) is 4.68 Å². The van der Waals surface area contributed by atoms with E-state index in [2.05, 4.69) is 15.2 Å². The standard InChI is InChI=1S/C14H16F2N4O/c1-13(7-14(13,15)16)6-11-18-12(21-19-11)9-5-8(9)10-3-4-17-20(10)2/h3-4,8-9H,5-7H2,1-2H3/t8-,9-,13?/m1/s1. The summed E-state index contributed by atoms with van der Waals surface area (Å²) in [5.41, 5.74) is 0.138. The van der Waals surface area contributed by atoms with Gasteiger partial charge in [0.05, 0.1) is 0 Å². The highest BCUT2D eigenvalue weighted by atomic mass is 19.3. The molecule has 0 bridgehead atoms. The molecule has 0 spiro atoms. The van der Waals surface area contributed by atoms with Crippen molar-refractivity contribution in [3.8, 4) is 0 Å². The average Bonchev–Trinajstić information content (AvgIpc) is 3.08. The summed E-state index contributed by atoms with van der Waals surface area (Å²) >= 11 is 0. The van der Waals surface area contributed by atoms with E-state index in [4.69, 9.17) is 4.52 Å². The van der Waals surface area contributed by atoms with Gasteiger partial charge < -0.3 is 4.52 Å². The molecule has 0 radical (unpaired) electrons. The summed E-state index contributed by atoms with van der Waals surface area (Å²) in [5, 5.41) is 8.02. The van der Waals surface area contributed by atoms with Crippen molar-refractivity contribution >= 4 is 0 Å². The van der Waals surface area contributed by atoms with Gasteiger partial charge in [0.1, 0.15) is 0 Å². The molecule has 0 amide bonds. The van der Waals surface area contributed by atoms with Crippen LogP contribution in [0.5, 0.6) is 0 Å². The molecule has 2 aromatic heterocycles. The molecular formula is C14H16F2N4O. The van der Waals surface area contributed by atoms with Crippen LogP contribution in [-0.2, 0) is 13.5 Å². The van der Waals surface area contributed by atoms with Crippen LogP contribution in [0.25, 0.3) is 0 Å². The summed E-state index contributed by atoms with van der Waals surface area (Å²) in [6, 6.07) is 1.98. The van der Waals surface area contributed by atoms with Gasteiger partial charge in [0.15, 0.2) is 5.82 Å². The van der Waals surface area contributed by atoms with Gasteiger partial charge in [-0.1, -0.05) is 12.1 Å². The number of alkyl halides is 2. The minimum atomic E-state index is -2.59. The van der Waals surface area contributed by atoms with Gasteiger partial charge in [0.2, 0.25) is 5.89 Å². The van der Waals surface area contributed by atoms with Crippen LogP contribution in [0, 0.1) is 5.41 Å². The van der Waals surface area contributed by atoms with Crippen LogP contribution in [0.15, 0.2) is 16.8 Å². The minimum Gasteiger partial charge on any atom is -0.339 e. The second-order valence-electron chi connectivity index (χ2n) is 6.50. The Kier molecular flexibility index (Phi) is 2.40. The second-order valence-corrected chi connectivity index (χ2v) is 6.50.